The van der Waals surface area contributed by atoms with Crippen molar-refractivity contribution >= 4 is 23.3 Å². The Labute approximate surface area is 128 Å². The van der Waals surface area contributed by atoms with Crippen molar-refractivity contribution in [3.05, 3.63) is 18.3 Å². The number of ether oxygens (including phenoxy) is 1. The van der Waals surface area contributed by atoms with Crippen LogP contribution in [0, 0.1) is 0 Å². The van der Waals surface area contributed by atoms with E-state index in [-0.39, 0.29) is 24.0 Å². The molecule has 0 aromatic carbocycles. The molecule has 3 unspecified atom stereocenters. The largest absolute Gasteiger partial charge is 0.365 e. The lowest BCUT2D eigenvalue weighted by molar-refractivity contribution is -0.126. The molecule has 2 saturated heterocycles. The summed E-state index contributed by atoms with van der Waals surface area (Å²) in [7, 11) is 0. The van der Waals surface area contributed by atoms with Crippen molar-refractivity contribution < 1.29 is 14.3 Å². The summed E-state index contributed by atoms with van der Waals surface area (Å²) in [5.74, 6) is 0.304. The molecule has 0 spiro atoms. The normalized spacial score (nSPS) is 28.2. The van der Waals surface area contributed by atoms with Crippen LogP contribution in [0.5, 0.6) is 0 Å². The molecule has 22 heavy (non-hydrogen) atoms. The van der Waals surface area contributed by atoms with Crippen LogP contribution in [0.1, 0.15) is 26.2 Å². The van der Waals surface area contributed by atoms with Gasteiger partial charge in [0, 0.05) is 37.0 Å². The number of hydrogen-bond donors (Lipinski definition) is 2. The van der Waals surface area contributed by atoms with Gasteiger partial charge in [0.15, 0.2) is 0 Å². The topological polar surface area (TPSA) is 97.5 Å². The second-order valence-electron chi connectivity index (χ2n) is 5.87. The van der Waals surface area contributed by atoms with Crippen molar-refractivity contribution in [1.29, 1.82) is 0 Å². The summed E-state index contributed by atoms with van der Waals surface area (Å²) >= 11 is 0. The Bertz CT molecular complexity index is 592. The Morgan fingerprint density at radius 1 is 1.50 bits per heavy atom. The Balaban J connectivity index is 1.69. The number of rotatable bonds is 3. The quantitative estimate of drug-likeness (QED) is 0.854. The Hall–Kier alpha value is -1.99. The van der Waals surface area contributed by atoms with Crippen molar-refractivity contribution in [3.8, 4) is 0 Å². The van der Waals surface area contributed by atoms with Gasteiger partial charge in [-0.1, -0.05) is 0 Å². The molecule has 2 aliphatic heterocycles. The lowest BCUT2D eigenvalue weighted by Crippen LogP contribution is -2.29. The average Bonchev–Trinajstić information content (AvgIpc) is 3.05. The van der Waals surface area contributed by atoms with Gasteiger partial charge in [-0.2, -0.15) is 0 Å². The van der Waals surface area contributed by atoms with E-state index in [1.54, 1.807) is 23.2 Å². The summed E-state index contributed by atoms with van der Waals surface area (Å²) < 4.78 is 5.55. The fourth-order valence-electron chi connectivity index (χ4n) is 2.82. The second-order valence-corrected chi connectivity index (χ2v) is 5.87. The molecule has 7 heteroatoms. The van der Waals surface area contributed by atoms with Crippen LogP contribution in [0.15, 0.2) is 18.3 Å². The van der Waals surface area contributed by atoms with Crippen molar-refractivity contribution in [1.82, 2.24) is 4.98 Å². The Kier molecular flexibility index (Phi) is 4.08. The van der Waals surface area contributed by atoms with Gasteiger partial charge in [-0.3, -0.25) is 14.5 Å². The van der Waals surface area contributed by atoms with Gasteiger partial charge < -0.3 is 15.8 Å². The molecule has 0 aliphatic carbocycles. The van der Waals surface area contributed by atoms with Crippen LogP contribution in [0.3, 0.4) is 0 Å². The minimum Gasteiger partial charge on any atom is -0.365 e. The van der Waals surface area contributed by atoms with E-state index in [0.717, 1.165) is 12.8 Å². The Morgan fingerprint density at radius 3 is 2.95 bits per heavy atom. The number of aromatic nitrogens is 1. The monoisotopic (exact) mass is 304 g/mol. The van der Waals surface area contributed by atoms with Gasteiger partial charge in [-0.25, -0.2) is 4.98 Å². The molecule has 3 rings (SSSR count). The standard InChI is InChI=1S/C15H20N4O3/c1-9-2-3-12(22-9)15(21)18-11-4-5-17-13(7-11)19-8-10(16)6-14(19)20/h4-5,7,9-10,12H,2-3,6,8,16H2,1H3,(H,17,18,21). The molecule has 2 aliphatic rings. The number of nitrogens with one attached hydrogen (secondary N) is 1. The zero-order valence-electron chi connectivity index (χ0n) is 12.5. The van der Waals surface area contributed by atoms with Gasteiger partial charge >= 0.3 is 0 Å². The summed E-state index contributed by atoms with van der Waals surface area (Å²) in [5, 5.41) is 2.82. The maximum Gasteiger partial charge on any atom is 0.253 e. The van der Waals surface area contributed by atoms with Crippen LogP contribution in [-0.2, 0) is 14.3 Å². The number of hydrogen-bond acceptors (Lipinski definition) is 5. The highest BCUT2D eigenvalue weighted by atomic mass is 16.5. The molecule has 0 bridgehead atoms. The number of carbonyl (C=O) groups is 2. The smallest absolute Gasteiger partial charge is 0.253 e. The number of carbonyl (C=O) groups excluding carboxylic acids is 2. The first kappa shape index (κ1) is 14.9. The maximum absolute atomic E-state index is 12.2. The number of nitrogens with two attached hydrogens (primary N) is 1. The fourth-order valence-corrected chi connectivity index (χ4v) is 2.82. The van der Waals surface area contributed by atoms with E-state index >= 15 is 0 Å². The first-order valence-corrected chi connectivity index (χ1v) is 7.51. The molecule has 3 heterocycles. The van der Waals surface area contributed by atoms with Crippen LogP contribution < -0.4 is 16.0 Å². The highest BCUT2D eigenvalue weighted by Gasteiger charge is 2.30. The predicted octanol–water partition coefficient (Wildman–Crippen LogP) is 0.652. The molecule has 3 atom stereocenters. The zero-order chi connectivity index (χ0) is 15.7. The van der Waals surface area contributed by atoms with Gasteiger partial charge in [0.25, 0.3) is 5.91 Å². The van der Waals surface area contributed by atoms with E-state index in [9.17, 15) is 9.59 Å². The van der Waals surface area contributed by atoms with Crippen molar-refractivity contribution in [2.24, 2.45) is 5.73 Å². The maximum atomic E-state index is 12.2. The number of nitrogens with zero attached hydrogens (tertiary/aromatic N) is 2. The predicted molar refractivity (Wildman–Crippen MR) is 81.4 cm³/mol. The molecule has 7 nitrogen and oxygen atoms in total. The third kappa shape index (κ3) is 3.10. The SMILES string of the molecule is CC1CCC(C(=O)Nc2ccnc(N3CC(N)CC3=O)c2)O1. The molecule has 1 aromatic heterocycles. The van der Waals surface area contributed by atoms with Gasteiger partial charge in [-0.15, -0.1) is 0 Å². The van der Waals surface area contributed by atoms with Crippen LogP contribution in [0.25, 0.3) is 0 Å². The summed E-state index contributed by atoms with van der Waals surface area (Å²) in [6, 6.07) is 3.22. The first-order chi connectivity index (χ1) is 10.5. The van der Waals surface area contributed by atoms with E-state index in [2.05, 4.69) is 10.3 Å². The number of pyridine rings is 1. The van der Waals surface area contributed by atoms with E-state index in [1.165, 1.54) is 0 Å². The third-order valence-corrected chi connectivity index (χ3v) is 3.97. The third-order valence-electron chi connectivity index (χ3n) is 3.97. The van der Waals surface area contributed by atoms with Crippen molar-refractivity contribution in [2.75, 3.05) is 16.8 Å². The Morgan fingerprint density at radius 2 is 2.32 bits per heavy atom. The lowest BCUT2D eigenvalue weighted by Gasteiger charge is -2.16. The lowest BCUT2D eigenvalue weighted by atomic mass is 10.2. The van der Waals surface area contributed by atoms with E-state index in [0.29, 0.717) is 24.5 Å². The van der Waals surface area contributed by atoms with Gasteiger partial charge in [-0.05, 0) is 25.8 Å². The molecule has 0 radical (unpaired) electrons. The van der Waals surface area contributed by atoms with Crippen LogP contribution >= 0.6 is 0 Å². The number of amides is 2. The van der Waals surface area contributed by atoms with Gasteiger partial charge in [0.2, 0.25) is 5.91 Å². The molecule has 0 saturated carbocycles. The fraction of sp³-hybridized carbons (Fsp3) is 0.533. The summed E-state index contributed by atoms with van der Waals surface area (Å²) in [6.07, 6.45) is 3.22. The highest BCUT2D eigenvalue weighted by Crippen LogP contribution is 2.23. The summed E-state index contributed by atoms with van der Waals surface area (Å²) in [4.78, 5) is 29.8. The molecule has 2 amide bonds. The molecule has 3 N–H and O–H groups in total. The van der Waals surface area contributed by atoms with Crippen LogP contribution in [-0.4, -0.2) is 41.6 Å². The molecular weight excluding hydrogens is 284 g/mol. The second kappa shape index (κ2) is 6.02. The highest BCUT2D eigenvalue weighted by molar-refractivity contribution is 5.97. The molecular formula is C15H20N4O3. The minimum absolute atomic E-state index is 0.0450. The minimum atomic E-state index is -0.409. The zero-order valence-corrected chi connectivity index (χ0v) is 12.5. The molecule has 2 fully saturated rings. The first-order valence-electron chi connectivity index (χ1n) is 7.51. The number of anilines is 2. The van der Waals surface area contributed by atoms with Gasteiger partial charge in [0.05, 0.1) is 6.10 Å². The molecule has 1 aromatic rings. The van der Waals surface area contributed by atoms with Crippen LogP contribution in [0.2, 0.25) is 0 Å². The van der Waals surface area contributed by atoms with Crippen molar-refractivity contribution in [2.45, 2.75) is 44.4 Å². The van der Waals surface area contributed by atoms with E-state index in [1.807, 2.05) is 6.92 Å². The van der Waals surface area contributed by atoms with Gasteiger partial charge in [0.1, 0.15) is 11.9 Å². The van der Waals surface area contributed by atoms with Crippen molar-refractivity contribution in [3.63, 3.8) is 0 Å². The summed E-state index contributed by atoms with van der Waals surface area (Å²) in [6.45, 7) is 2.41. The molecule has 118 valence electrons. The van der Waals surface area contributed by atoms with Crippen LogP contribution in [0.4, 0.5) is 11.5 Å². The average molecular weight is 304 g/mol. The summed E-state index contributed by atoms with van der Waals surface area (Å²) in [5.41, 5.74) is 6.39. The van der Waals surface area contributed by atoms with E-state index < -0.39 is 6.10 Å². The van der Waals surface area contributed by atoms with E-state index in [4.69, 9.17) is 10.5 Å².